The molecule has 0 spiro atoms. The molecule has 0 atom stereocenters. The second-order valence-corrected chi connectivity index (χ2v) is 4.73. The van der Waals surface area contributed by atoms with E-state index in [1.165, 1.54) is 33.4 Å². The average Bonchev–Trinajstić information content (AvgIpc) is 2.68. The minimum atomic E-state index is 0. The molecule has 0 saturated carbocycles. The van der Waals surface area contributed by atoms with Gasteiger partial charge in [0.1, 0.15) is 0 Å². The van der Waals surface area contributed by atoms with Crippen molar-refractivity contribution in [2.75, 3.05) is 0 Å². The SMILES string of the molecule is Cc1c[c-](C)c(C)c1C.Cc1cc[c-](C)c1.[Fe+2]. The minimum absolute atomic E-state index is 0. The van der Waals surface area contributed by atoms with Crippen LogP contribution < -0.4 is 0 Å². The Morgan fingerprint density at radius 2 is 1.53 bits per heavy atom. The van der Waals surface area contributed by atoms with Crippen LogP contribution in [-0.2, 0) is 17.1 Å². The monoisotopic (exact) mass is 270 g/mol. The molecule has 0 saturated heterocycles. The molecule has 0 aromatic heterocycles. The van der Waals surface area contributed by atoms with Gasteiger partial charge in [0.05, 0.1) is 0 Å². The zero-order chi connectivity index (χ0) is 12.3. The fraction of sp³-hybridized carbons (Fsp3) is 0.375. The molecule has 0 fully saturated rings. The zero-order valence-corrected chi connectivity index (χ0v) is 12.8. The van der Waals surface area contributed by atoms with Gasteiger partial charge in [-0.3, -0.25) is 0 Å². The predicted octanol–water partition coefficient (Wildman–Crippen LogP) is 4.66. The molecule has 0 heterocycles. The number of hydrogen-bond acceptors (Lipinski definition) is 0. The second-order valence-electron chi connectivity index (χ2n) is 4.73. The van der Waals surface area contributed by atoms with Gasteiger partial charge in [-0.25, -0.2) is 11.6 Å². The van der Waals surface area contributed by atoms with Crippen LogP contribution >= 0.6 is 0 Å². The van der Waals surface area contributed by atoms with Gasteiger partial charge in [-0.1, -0.05) is 41.5 Å². The first kappa shape index (κ1) is 16.2. The molecule has 1 heteroatoms. The van der Waals surface area contributed by atoms with Crippen molar-refractivity contribution in [2.24, 2.45) is 0 Å². The van der Waals surface area contributed by atoms with Crippen molar-refractivity contribution in [2.45, 2.75) is 41.5 Å². The quantitative estimate of drug-likeness (QED) is 0.482. The number of aryl methyl sites for hydroxylation is 4. The van der Waals surface area contributed by atoms with Gasteiger partial charge in [-0.05, 0) is 0 Å². The van der Waals surface area contributed by atoms with Crippen molar-refractivity contribution in [3.8, 4) is 0 Å². The standard InChI is InChI=1S/C9H13.C7H9.Fe/c1-6-5-7(2)9(4)8(6)3;1-6-3-4-7(2)5-6;/h5H,1-4H3;3-5H,1-2H3;/q2*-1;+2. The molecule has 0 amide bonds. The largest absolute Gasteiger partial charge is 2.00 e. The van der Waals surface area contributed by atoms with Crippen LogP contribution in [0.4, 0.5) is 0 Å². The van der Waals surface area contributed by atoms with Crippen molar-refractivity contribution in [3.63, 3.8) is 0 Å². The summed E-state index contributed by atoms with van der Waals surface area (Å²) in [7, 11) is 0. The third-order valence-electron chi connectivity index (χ3n) is 3.24. The van der Waals surface area contributed by atoms with E-state index in [-0.39, 0.29) is 17.1 Å². The Morgan fingerprint density at radius 1 is 0.941 bits per heavy atom. The predicted molar refractivity (Wildman–Crippen MR) is 72.5 cm³/mol. The van der Waals surface area contributed by atoms with Gasteiger partial charge in [-0.2, -0.15) is 46.0 Å². The Kier molecular flexibility index (Phi) is 6.52. The minimum Gasteiger partial charge on any atom is -0.211 e. The van der Waals surface area contributed by atoms with Crippen molar-refractivity contribution in [1.29, 1.82) is 0 Å². The molecule has 2 aromatic carbocycles. The van der Waals surface area contributed by atoms with E-state index in [4.69, 9.17) is 0 Å². The summed E-state index contributed by atoms with van der Waals surface area (Å²) < 4.78 is 0. The molecule has 94 valence electrons. The van der Waals surface area contributed by atoms with E-state index in [1.54, 1.807) is 0 Å². The molecule has 2 aromatic rings. The summed E-state index contributed by atoms with van der Waals surface area (Å²) in [5.74, 6) is 0. The topological polar surface area (TPSA) is 0 Å². The summed E-state index contributed by atoms with van der Waals surface area (Å²) in [4.78, 5) is 0. The first-order valence-corrected chi connectivity index (χ1v) is 5.82. The number of rotatable bonds is 0. The molecule has 0 nitrogen and oxygen atoms in total. The van der Waals surface area contributed by atoms with Gasteiger partial charge >= 0.3 is 17.1 Å². The normalized spacial score (nSPS) is 9.29. The van der Waals surface area contributed by atoms with E-state index in [2.05, 4.69) is 65.8 Å². The van der Waals surface area contributed by atoms with Gasteiger partial charge in [0.25, 0.3) is 0 Å². The summed E-state index contributed by atoms with van der Waals surface area (Å²) in [6, 6.07) is 8.65. The number of hydrogen-bond donors (Lipinski definition) is 0. The second kappa shape index (κ2) is 6.83. The first-order valence-electron chi connectivity index (χ1n) is 5.82. The summed E-state index contributed by atoms with van der Waals surface area (Å²) in [6.45, 7) is 12.9. The molecule has 0 radical (unpaired) electrons. The smallest absolute Gasteiger partial charge is 0.211 e. The first-order chi connectivity index (χ1) is 7.41. The van der Waals surface area contributed by atoms with Crippen LogP contribution in [0.15, 0.2) is 24.3 Å². The van der Waals surface area contributed by atoms with Gasteiger partial charge < -0.3 is 0 Å². The molecule has 0 N–H and O–H groups in total. The molecule has 2 rings (SSSR count). The van der Waals surface area contributed by atoms with Gasteiger partial charge in [-0.15, -0.1) is 0 Å². The maximum absolute atomic E-state index is 2.24. The third-order valence-corrected chi connectivity index (χ3v) is 3.24. The van der Waals surface area contributed by atoms with E-state index in [0.29, 0.717) is 0 Å². The molecular formula is C16H22Fe. The van der Waals surface area contributed by atoms with Crippen LogP contribution in [0, 0.1) is 41.5 Å². The van der Waals surface area contributed by atoms with Crippen LogP contribution in [0.5, 0.6) is 0 Å². The molecule has 0 aliphatic heterocycles. The van der Waals surface area contributed by atoms with Gasteiger partial charge in [0.2, 0.25) is 0 Å². The Hall–Kier alpha value is -0.781. The third kappa shape index (κ3) is 4.53. The Labute approximate surface area is 116 Å². The van der Waals surface area contributed by atoms with Crippen LogP contribution in [0.1, 0.15) is 33.4 Å². The average molecular weight is 270 g/mol. The summed E-state index contributed by atoms with van der Waals surface area (Å²) in [5.41, 5.74) is 8.46. The summed E-state index contributed by atoms with van der Waals surface area (Å²) in [6.07, 6.45) is 0. The van der Waals surface area contributed by atoms with Crippen LogP contribution in [-0.4, -0.2) is 0 Å². The van der Waals surface area contributed by atoms with Crippen molar-refractivity contribution in [3.05, 3.63) is 57.6 Å². The summed E-state index contributed by atoms with van der Waals surface area (Å²) >= 11 is 0. The fourth-order valence-electron chi connectivity index (χ4n) is 1.85. The Balaban J connectivity index is 0.000000292. The van der Waals surface area contributed by atoms with Crippen LogP contribution in [0.25, 0.3) is 0 Å². The van der Waals surface area contributed by atoms with Gasteiger partial charge in [0, 0.05) is 0 Å². The summed E-state index contributed by atoms with van der Waals surface area (Å²) in [5, 5.41) is 0. The van der Waals surface area contributed by atoms with Gasteiger partial charge in [0.15, 0.2) is 0 Å². The van der Waals surface area contributed by atoms with E-state index in [1.807, 2.05) is 0 Å². The molecule has 17 heavy (non-hydrogen) atoms. The fourth-order valence-corrected chi connectivity index (χ4v) is 1.85. The molecule has 0 aliphatic carbocycles. The molecule has 0 aliphatic rings. The van der Waals surface area contributed by atoms with E-state index < -0.39 is 0 Å². The maximum Gasteiger partial charge on any atom is 2.00 e. The Bertz CT molecular complexity index is 419. The van der Waals surface area contributed by atoms with Crippen molar-refractivity contribution in [1.82, 2.24) is 0 Å². The van der Waals surface area contributed by atoms with E-state index >= 15 is 0 Å². The maximum atomic E-state index is 2.24. The van der Waals surface area contributed by atoms with E-state index in [9.17, 15) is 0 Å². The zero-order valence-electron chi connectivity index (χ0n) is 11.7. The van der Waals surface area contributed by atoms with Crippen LogP contribution in [0.3, 0.4) is 0 Å². The molecular weight excluding hydrogens is 248 g/mol. The molecule has 0 unspecified atom stereocenters. The van der Waals surface area contributed by atoms with Crippen LogP contribution in [0.2, 0.25) is 0 Å². The van der Waals surface area contributed by atoms with Crippen molar-refractivity contribution >= 4 is 0 Å². The van der Waals surface area contributed by atoms with Crippen molar-refractivity contribution < 1.29 is 17.1 Å². The molecule has 0 bridgehead atoms. The van der Waals surface area contributed by atoms with E-state index in [0.717, 1.165) is 0 Å². The Morgan fingerprint density at radius 3 is 1.65 bits per heavy atom.